The van der Waals surface area contributed by atoms with Gasteiger partial charge in [0.25, 0.3) is 0 Å². The summed E-state index contributed by atoms with van der Waals surface area (Å²) >= 11 is 1.52. The van der Waals surface area contributed by atoms with Gasteiger partial charge in [-0.2, -0.15) is 8.78 Å². The van der Waals surface area contributed by atoms with E-state index in [1.165, 1.54) is 29.0 Å². The number of amides is 1. The van der Waals surface area contributed by atoms with E-state index in [9.17, 15) is 13.6 Å². The molecule has 0 atom stereocenters. The summed E-state index contributed by atoms with van der Waals surface area (Å²) in [7, 11) is 1.71. The topological polar surface area (TPSA) is 42.4 Å². The first-order valence-corrected chi connectivity index (χ1v) is 9.58. The average Bonchev–Trinajstić information content (AvgIpc) is 3.12. The van der Waals surface area contributed by atoms with Crippen molar-refractivity contribution in [1.82, 2.24) is 9.88 Å². The Labute approximate surface area is 166 Å². The summed E-state index contributed by atoms with van der Waals surface area (Å²) in [5.74, 6) is 0.0347. The number of alkyl halides is 2. The lowest BCUT2D eigenvalue weighted by molar-refractivity contribution is -0.129. The highest BCUT2D eigenvalue weighted by Crippen LogP contribution is 2.24. The number of nitrogens with zero attached hydrogens (tertiary/aromatic N) is 2. The van der Waals surface area contributed by atoms with Crippen LogP contribution >= 0.6 is 11.3 Å². The van der Waals surface area contributed by atoms with E-state index in [2.05, 4.69) is 9.72 Å². The summed E-state index contributed by atoms with van der Waals surface area (Å²) in [5.41, 5.74) is 3.79. The summed E-state index contributed by atoms with van der Waals surface area (Å²) in [6, 6.07) is 14.4. The van der Waals surface area contributed by atoms with Crippen molar-refractivity contribution in [3.05, 3.63) is 70.7 Å². The summed E-state index contributed by atoms with van der Waals surface area (Å²) in [6.45, 7) is -0.439. The van der Waals surface area contributed by atoms with Crippen molar-refractivity contribution >= 4 is 17.2 Å². The second kappa shape index (κ2) is 8.93. The van der Waals surface area contributed by atoms with Crippen molar-refractivity contribution in [2.24, 2.45) is 0 Å². The van der Waals surface area contributed by atoms with Crippen LogP contribution in [0.5, 0.6) is 5.75 Å². The Morgan fingerprint density at radius 3 is 2.46 bits per heavy atom. The molecule has 1 amide bonds. The molecule has 4 nitrogen and oxygen atoms in total. The third-order valence-electron chi connectivity index (χ3n) is 4.18. The molecule has 0 N–H and O–H groups in total. The smallest absolute Gasteiger partial charge is 0.387 e. The predicted molar refractivity (Wildman–Crippen MR) is 106 cm³/mol. The zero-order valence-corrected chi connectivity index (χ0v) is 16.4. The van der Waals surface area contributed by atoms with E-state index in [1.807, 2.05) is 36.6 Å². The Bertz CT molecular complexity index is 924. The third kappa shape index (κ3) is 5.36. The SMILES string of the molecule is Cc1ccc(-c2nc(CC(=O)N(C)Cc3ccc(OC(F)F)cc3)cs2)cc1. The molecule has 0 saturated carbocycles. The van der Waals surface area contributed by atoms with Crippen LogP contribution in [0.3, 0.4) is 0 Å². The molecule has 28 heavy (non-hydrogen) atoms. The first-order valence-electron chi connectivity index (χ1n) is 8.70. The van der Waals surface area contributed by atoms with Crippen LogP contribution in [0.15, 0.2) is 53.9 Å². The number of hydrogen-bond acceptors (Lipinski definition) is 4. The fraction of sp³-hybridized carbons (Fsp3) is 0.238. The van der Waals surface area contributed by atoms with Gasteiger partial charge < -0.3 is 9.64 Å². The Hall–Kier alpha value is -2.80. The zero-order valence-electron chi connectivity index (χ0n) is 15.6. The molecular formula is C21H20F2N2O2S. The van der Waals surface area contributed by atoms with E-state index in [1.54, 1.807) is 24.1 Å². The highest BCUT2D eigenvalue weighted by Gasteiger charge is 2.14. The number of aromatic nitrogens is 1. The molecule has 0 bridgehead atoms. The van der Waals surface area contributed by atoms with Crippen LogP contribution in [-0.2, 0) is 17.8 Å². The molecule has 1 aromatic heterocycles. The lowest BCUT2D eigenvalue weighted by atomic mass is 10.1. The van der Waals surface area contributed by atoms with Gasteiger partial charge in [-0.3, -0.25) is 4.79 Å². The van der Waals surface area contributed by atoms with Crippen molar-refractivity contribution in [2.45, 2.75) is 26.5 Å². The number of benzene rings is 2. The fourth-order valence-electron chi connectivity index (χ4n) is 2.65. The fourth-order valence-corrected chi connectivity index (χ4v) is 3.47. The van der Waals surface area contributed by atoms with E-state index in [-0.39, 0.29) is 18.1 Å². The molecule has 0 fully saturated rings. The van der Waals surface area contributed by atoms with Gasteiger partial charge >= 0.3 is 6.61 Å². The molecule has 0 unspecified atom stereocenters. The Balaban J connectivity index is 1.57. The maximum absolute atomic E-state index is 12.5. The van der Waals surface area contributed by atoms with Crippen molar-refractivity contribution in [3.8, 4) is 16.3 Å². The zero-order chi connectivity index (χ0) is 20.1. The van der Waals surface area contributed by atoms with Gasteiger partial charge in [0.15, 0.2) is 0 Å². The van der Waals surface area contributed by atoms with E-state index in [0.717, 1.165) is 21.8 Å². The summed E-state index contributed by atoms with van der Waals surface area (Å²) in [6.07, 6.45) is 0.214. The standard InChI is InChI=1S/C21H20F2N2O2S/c1-14-3-7-16(8-4-14)20-24-17(13-28-20)11-19(26)25(2)12-15-5-9-18(10-6-15)27-21(22)23/h3-10,13,21H,11-12H2,1-2H3. The van der Waals surface area contributed by atoms with E-state index < -0.39 is 6.61 Å². The minimum atomic E-state index is -2.85. The molecule has 1 heterocycles. The number of carbonyl (C=O) groups is 1. The Morgan fingerprint density at radius 2 is 1.82 bits per heavy atom. The van der Waals surface area contributed by atoms with Gasteiger partial charge in [0.1, 0.15) is 10.8 Å². The van der Waals surface area contributed by atoms with Crippen LogP contribution < -0.4 is 4.74 Å². The molecule has 0 aliphatic carbocycles. The number of ether oxygens (including phenoxy) is 1. The lowest BCUT2D eigenvalue weighted by Crippen LogP contribution is -2.27. The molecule has 3 rings (SSSR count). The number of aryl methyl sites for hydroxylation is 1. The summed E-state index contributed by atoms with van der Waals surface area (Å²) < 4.78 is 28.7. The molecule has 146 valence electrons. The molecular weight excluding hydrogens is 382 g/mol. The van der Waals surface area contributed by atoms with Crippen LogP contribution in [-0.4, -0.2) is 29.5 Å². The number of likely N-dealkylation sites (N-methyl/N-ethyl adjacent to an activating group) is 1. The second-order valence-electron chi connectivity index (χ2n) is 6.46. The van der Waals surface area contributed by atoms with Crippen LogP contribution in [0.25, 0.3) is 10.6 Å². The average molecular weight is 402 g/mol. The minimum absolute atomic E-state index is 0.0614. The van der Waals surface area contributed by atoms with E-state index in [0.29, 0.717) is 6.54 Å². The van der Waals surface area contributed by atoms with Crippen molar-refractivity contribution in [3.63, 3.8) is 0 Å². The van der Waals surface area contributed by atoms with Gasteiger partial charge in [0, 0.05) is 24.5 Å². The number of thiazole rings is 1. The van der Waals surface area contributed by atoms with Gasteiger partial charge in [0.2, 0.25) is 5.91 Å². The molecule has 0 radical (unpaired) electrons. The number of rotatable bonds is 7. The maximum Gasteiger partial charge on any atom is 0.387 e. The maximum atomic E-state index is 12.5. The van der Waals surface area contributed by atoms with Gasteiger partial charge in [-0.25, -0.2) is 4.98 Å². The normalized spacial score (nSPS) is 10.9. The van der Waals surface area contributed by atoms with Gasteiger partial charge in [-0.1, -0.05) is 42.0 Å². The lowest BCUT2D eigenvalue weighted by Gasteiger charge is -2.17. The number of carbonyl (C=O) groups excluding carboxylic acids is 1. The molecule has 2 aromatic carbocycles. The van der Waals surface area contributed by atoms with Crippen molar-refractivity contribution in [1.29, 1.82) is 0 Å². The predicted octanol–water partition coefficient (Wildman–Crippen LogP) is 4.92. The first-order chi connectivity index (χ1) is 13.4. The molecule has 0 spiro atoms. The van der Waals surface area contributed by atoms with Crippen LogP contribution in [0, 0.1) is 6.92 Å². The molecule has 0 saturated heterocycles. The van der Waals surface area contributed by atoms with Crippen molar-refractivity contribution < 1.29 is 18.3 Å². The molecule has 3 aromatic rings. The van der Waals surface area contributed by atoms with Gasteiger partial charge in [0.05, 0.1) is 12.1 Å². The Morgan fingerprint density at radius 1 is 1.14 bits per heavy atom. The molecule has 0 aliphatic rings. The number of halogens is 2. The third-order valence-corrected chi connectivity index (χ3v) is 5.12. The van der Waals surface area contributed by atoms with E-state index >= 15 is 0 Å². The largest absolute Gasteiger partial charge is 0.435 e. The monoisotopic (exact) mass is 402 g/mol. The first kappa shape index (κ1) is 19.9. The minimum Gasteiger partial charge on any atom is -0.435 e. The summed E-state index contributed by atoms with van der Waals surface area (Å²) in [4.78, 5) is 18.6. The van der Waals surface area contributed by atoms with Crippen LogP contribution in [0.2, 0.25) is 0 Å². The second-order valence-corrected chi connectivity index (χ2v) is 7.32. The molecule has 0 aliphatic heterocycles. The van der Waals surface area contributed by atoms with Gasteiger partial charge in [-0.05, 0) is 24.6 Å². The molecule has 7 heteroatoms. The highest BCUT2D eigenvalue weighted by molar-refractivity contribution is 7.13. The van der Waals surface area contributed by atoms with Crippen LogP contribution in [0.1, 0.15) is 16.8 Å². The van der Waals surface area contributed by atoms with Crippen LogP contribution in [0.4, 0.5) is 8.78 Å². The quantitative estimate of drug-likeness (QED) is 0.563. The van der Waals surface area contributed by atoms with E-state index in [4.69, 9.17) is 0 Å². The van der Waals surface area contributed by atoms with Gasteiger partial charge in [-0.15, -0.1) is 11.3 Å². The summed E-state index contributed by atoms with van der Waals surface area (Å²) in [5, 5.41) is 2.79. The Kier molecular flexibility index (Phi) is 6.36. The highest BCUT2D eigenvalue weighted by atomic mass is 32.1. The number of hydrogen-bond donors (Lipinski definition) is 0. The van der Waals surface area contributed by atoms with Crippen molar-refractivity contribution in [2.75, 3.05) is 7.05 Å².